The summed E-state index contributed by atoms with van der Waals surface area (Å²) in [6.45, 7) is 5.29. The molecule has 0 aromatic rings. The van der Waals surface area contributed by atoms with Crippen LogP contribution in [0.4, 0.5) is 0 Å². The van der Waals surface area contributed by atoms with Gasteiger partial charge in [-0.2, -0.15) is 0 Å². The molecule has 19 heavy (non-hydrogen) atoms. The second-order valence-corrected chi connectivity index (χ2v) is 5.02. The van der Waals surface area contributed by atoms with Gasteiger partial charge >= 0.3 is 11.9 Å². The molecule has 0 fully saturated rings. The van der Waals surface area contributed by atoms with Crippen LogP contribution in [0, 0.1) is 0 Å². The summed E-state index contributed by atoms with van der Waals surface area (Å²) in [5, 5.41) is 8.56. The summed E-state index contributed by atoms with van der Waals surface area (Å²) in [5.41, 5.74) is 10.4. The molecule has 11 N–H and O–H groups in total. The number of ether oxygens (including phenoxy) is 1. The van der Waals surface area contributed by atoms with Crippen molar-refractivity contribution >= 4 is 11.9 Å². The third-order valence-corrected chi connectivity index (χ3v) is 2.06. The van der Waals surface area contributed by atoms with Crippen LogP contribution in [-0.4, -0.2) is 34.7 Å². The minimum absolute atomic E-state index is 0. The molecule has 0 aliphatic carbocycles. The first-order valence-corrected chi connectivity index (χ1v) is 5.60. The van der Waals surface area contributed by atoms with E-state index in [-0.39, 0.29) is 12.3 Å². The van der Waals surface area contributed by atoms with Crippen LogP contribution in [0.5, 0.6) is 0 Å². The van der Waals surface area contributed by atoms with Gasteiger partial charge in [-0.1, -0.05) is 0 Å². The van der Waals surface area contributed by atoms with Gasteiger partial charge in [0, 0.05) is 0 Å². The van der Waals surface area contributed by atoms with Crippen LogP contribution in [0.3, 0.4) is 0 Å². The van der Waals surface area contributed by atoms with Gasteiger partial charge in [-0.25, -0.2) is 0 Å². The Kier molecular flexibility index (Phi) is 11.7. The van der Waals surface area contributed by atoms with Gasteiger partial charge in [-0.15, -0.1) is 0 Å². The zero-order valence-electron chi connectivity index (χ0n) is 12.0. The van der Waals surface area contributed by atoms with Crippen LogP contribution in [0.15, 0.2) is 0 Å². The van der Waals surface area contributed by atoms with Crippen LogP contribution in [-0.2, 0) is 14.3 Å². The number of hydrogen-bond donors (Lipinski definition) is 5. The van der Waals surface area contributed by atoms with Gasteiger partial charge in [0.1, 0.15) is 17.7 Å². The second-order valence-electron chi connectivity index (χ2n) is 5.02. The summed E-state index contributed by atoms with van der Waals surface area (Å²) in [6, 6.07) is -1.63. The maximum atomic E-state index is 11.5. The zero-order valence-corrected chi connectivity index (χ0v) is 12.0. The monoisotopic (exact) mass is 280 g/mol. The largest absolute Gasteiger partial charge is 0.480 e. The number of carbonyl (C=O) groups excluding carboxylic acids is 1. The van der Waals surface area contributed by atoms with Crippen molar-refractivity contribution in [2.45, 2.75) is 57.7 Å². The topological polar surface area (TPSA) is 186 Å². The summed E-state index contributed by atoms with van der Waals surface area (Å²) >= 11 is 0. The molecule has 0 bridgehead atoms. The third kappa shape index (κ3) is 11.6. The number of nitrogens with two attached hydrogens (primary N) is 2. The standard InChI is InChI=1S/C11H22N2O4.2H3N/c1-11(2,3)17-10(16)8(13)6-4-5-7(12)9(14)15;;/h7-8H,4-6,12-13H2,1-3H3,(H,14,15);2*1H3/t7-,8?;;/m0../s1. The maximum absolute atomic E-state index is 11.5. The van der Waals surface area contributed by atoms with Gasteiger partial charge in [0.2, 0.25) is 0 Å². The highest BCUT2D eigenvalue weighted by atomic mass is 16.6. The highest BCUT2D eigenvalue weighted by Crippen LogP contribution is 2.10. The number of carbonyl (C=O) groups is 2. The predicted molar refractivity (Wildman–Crippen MR) is 73.3 cm³/mol. The van der Waals surface area contributed by atoms with E-state index in [1.165, 1.54) is 0 Å². The number of esters is 1. The predicted octanol–water partition coefficient (Wildman–Crippen LogP) is 0.562. The fourth-order valence-corrected chi connectivity index (χ4v) is 1.18. The second kappa shape index (κ2) is 9.68. The van der Waals surface area contributed by atoms with Gasteiger partial charge in [0.15, 0.2) is 0 Å². The SMILES string of the molecule is CC(C)(C)OC(=O)C(N)CCC[C@H](N)C(=O)O.N.N. The van der Waals surface area contributed by atoms with Crippen molar-refractivity contribution in [1.82, 2.24) is 12.3 Å². The Morgan fingerprint density at radius 3 is 1.89 bits per heavy atom. The van der Waals surface area contributed by atoms with E-state index in [0.29, 0.717) is 19.3 Å². The summed E-state index contributed by atoms with van der Waals surface area (Å²) in [6.07, 6.45) is 1.15. The molecule has 0 rings (SSSR count). The first-order chi connectivity index (χ1) is 7.63. The van der Waals surface area contributed by atoms with Crippen molar-refractivity contribution in [1.29, 1.82) is 0 Å². The minimum Gasteiger partial charge on any atom is -0.480 e. The van der Waals surface area contributed by atoms with Crippen LogP contribution in [0.2, 0.25) is 0 Å². The molecule has 0 aromatic heterocycles. The number of hydrogen-bond acceptors (Lipinski definition) is 7. The number of aliphatic carboxylic acids is 1. The Balaban J connectivity index is -0.00000128. The van der Waals surface area contributed by atoms with E-state index in [4.69, 9.17) is 21.3 Å². The number of rotatable bonds is 6. The first kappa shape index (κ1) is 22.9. The maximum Gasteiger partial charge on any atom is 0.323 e. The molecule has 1 unspecified atom stereocenters. The van der Waals surface area contributed by atoms with E-state index in [0.717, 1.165) is 0 Å². The molecule has 0 aliphatic rings. The van der Waals surface area contributed by atoms with Crippen molar-refractivity contribution in [2.24, 2.45) is 11.5 Å². The molecule has 0 spiro atoms. The lowest BCUT2D eigenvalue weighted by molar-refractivity contribution is -0.156. The zero-order chi connectivity index (χ0) is 13.6. The average Bonchev–Trinajstić information content (AvgIpc) is 2.14. The molecule has 0 aromatic carbocycles. The van der Waals surface area contributed by atoms with Gasteiger partial charge in [0.05, 0.1) is 0 Å². The van der Waals surface area contributed by atoms with Crippen molar-refractivity contribution in [3.63, 3.8) is 0 Å². The van der Waals surface area contributed by atoms with E-state index in [1.54, 1.807) is 20.8 Å². The molecule has 0 aliphatic heterocycles. The summed E-state index contributed by atoms with van der Waals surface area (Å²) in [7, 11) is 0. The number of carboxylic acids is 1. The minimum atomic E-state index is -1.05. The molecule has 8 heteroatoms. The van der Waals surface area contributed by atoms with E-state index >= 15 is 0 Å². The van der Waals surface area contributed by atoms with Crippen molar-refractivity contribution in [3.05, 3.63) is 0 Å². The van der Waals surface area contributed by atoms with Gasteiger partial charge in [-0.3, -0.25) is 9.59 Å². The summed E-state index contributed by atoms with van der Waals surface area (Å²) < 4.78 is 5.09. The van der Waals surface area contributed by atoms with Gasteiger partial charge in [-0.05, 0) is 40.0 Å². The molecule has 0 radical (unpaired) electrons. The van der Waals surface area contributed by atoms with E-state index in [9.17, 15) is 9.59 Å². The number of carboxylic acid groups (broad SMARTS) is 1. The molecule has 0 saturated heterocycles. The molecular formula is C11H28N4O4. The highest BCUT2D eigenvalue weighted by Gasteiger charge is 2.22. The molecule has 2 atom stereocenters. The quantitative estimate of drug-likeness (QED) is 0.436. The molecule has 0 saturated carbocycles. The fourth-order valence-electron chi connectivity index (χ4n) is 1.18. The highest BCUT2D eigenvalue weighted by molar-refractivity contribution is 5.76. The molecular weight excluding hydrogens is 252 g/mol. The van der Waals surface area contributed by atoms with Crippen molar-refractivity contribution in [3.8, 4) is 0 Å². The van der Waals surface area contributed by atoms with Crippen molar-refractivity contribution in [2.75, 3.05) is 0 Å². The lowest BCUT2D eigenvalue weighted by Crippen LogP contribution is -2.38. The summed E-state index contributed by atoms with van der Waals surface area (Å²) in [4.78, 5) is 21.9. The molecule has 8 nitrogen and oxygen atoms in total. The Morgan fingerprint density at radius 1 is 1.11 bits per heavy atom. The Bertz CT molecular complexity index is 278. The molecule has 116 valence electrons. The molecule has 0 heterocycles. The Labute approximate surface area is 114 Å². The first-order valence-electron chi connectivity index (χ1n) is 5.60. The van der Waals surface area contributed by atoms with Crippen molar-refractivity contribution < 1.29 is 19.4 Å². The van der Waals surface area contributed by atoms with Crippen LogP contribution in [0.25, 0.3) is 0 Å². The smallest absolute Gasteiger partial charge is 0.323 e. The van der Waals surface area contributed by atoms with E-state index < -0.39 is 29.6 Å². The summed E-state index contributed by atoms with van der Waals surface area (Å²) in [5.74, 6) is -1.52. The fraction of sp³-hybridized carbons (Fsp3) is 0.818. The van der Waals surface area contributed by atoms with Gasteiger partial charge < -0.3 is 33.6 Å². The van der Waals surface area contributed by atoms with Crippen LogP contribution >= 0.6 is 0 Å². The van der Waals surface area contributed by atoms with E-state index in [1.807, 2.05) is 0 Å². The van der Waals surface area contributed by atoms with E-state index in [2.05, 4.69) is 0 Å². The lowest BCUT2D eigenvalue weighted by atomic mass is 10.1. The van der Waals surface area contributed by atoms with Crippen LogP contribution < -0.4 is 23.8 Å². The third-order valence-electron chi connectivity index (χ3n) is 2.06. The lowest BCUT2D eigenvalue weighted by Gasteiger charge is -2.22. The normalized spacial score (nSPS) is 13.5. The average molecular weight is 280 g/mol. The van der Waals surface area contributed by atoms with Crippen LogP contribution in [0.1, 0.15) is 40.0 Å². The van der Waals surface area contributed by atoms with Gasteiger partial charge in [0.25, 0.3) is 0 Å². The Morgan fingerprint density at radius 2 is 1.53 bits per heavy atom. The molecule has 0 amide bonds. The Hall–Kier alpha value is -1.22.